The summed E-state index contributed by atoms with van der Waals surface area (Å²) in [6, 6.07) is 9.21. The number of aromatic nitrogens is 1. The summed E-state index contributed by atoms with van der Waals surface area (Å²) in [4.78, 5) is 38.2. The second kappa shape index (κ2) is 8.57. The molecule has 4 rings (SSSR count). The van der Waals surface area contributed by atoms with Gasteiger partial charge in [0.15, 0.2) is 0 Å². The van der Waals surface area contributed by atoms with E-state index in [-0.39, 0.29) is 12.2 Å². The number of anilines is 1. The number of para-hydroxylation sites is 1. The van der Waals surface area contributed by atoms with E-state index in [1.165, 1.54) is 32.1 Å². The van der Waals surface area contributed by atoms with E-state index < -0.39 is 17.8 Å². The minimum Gasteiger partial charge on any atom is -0.351 e. The van der Waals surface area contributed by atoms with Gasteiger partial charge in [-0.25, -0.2) is 9.69 Å². The molecular formula is C23H26N4O3. The summed E-state index contributed by atoms with van der Waals surface area (Å²) < 4.78 is 2.19. The first kappa shape index (κ1) is 19.9. The van der Waals surface area contributed by atoms with Gasteiger partial charge in [-0.15, -0.1) is 0 Å². The summed E-state index contributed by atoms with van der Waals surface area (Å²) in [5, 5.41) is 5.33. The van der Waals surface area contributed by atoms with Gasteiger partial charge in [0.05, 0.1) is 0 Å². The van der Waals surface area contributed by atoms with Gasteiger partial charge >= 0.3 is 6.03 Å². The van der Waals surface area contributed by atoms with E-state index in [1.54, 1.807) is 12.1 Å². The monoisotopic (exact) mass is 406 g/mol. The van der Waals surface area contributed by atoms with Crippen LogP contribution in [0, 0.1) is 6.92 Å². The number of hydrogen-bond donors (Lipinski definition) is 2. The SMILES string of the molecule is Cc1ccccc1NC(=O)CN1C(=O)N/C(=C/c2ccn(C3CCCCC3)c2)C1=O. The second-order valence-electron chi connectivity index (χ2n) is 7.93. The highest BCUT2D eigenvalue weighted by molar-refractivity contribution is 6.15. The van der Waals surface area contributed by atoms with Crippen molar-refractivity contribution in [3.05, 3.63) is 59.5 Å². The highest BCUT2D eigenvalue weighted by Gasteiger charge is 2.35. The Hall–Kier alpha value is -3.35. The Balaban J connectivity index is 1.41. The number of urea groups is 1. The van der Waals surface area contributed by atoms with Gasteiger partial charge in [0, 0.05) is 24.1 Å². The molecule has 0 bridgehead atoms. The Morgan fingerprint density at radius 3 is 2.70 bits per heavy atom. The number of aryl methyl sites for hydroxylation is 1. The van der Waals surface area contributed by atoms with Gasteiger partial charge < -0.3 is 15.2 Å². The summed E-state index contributed by atoms with van der Waals surface area (Å²) in [5.74, 6) is -0.914. The van der Waals surface area contributed by atoms with Crippen LogP contribution in [0.1, 0.15) is 49.3 Å². The average molecular weight is 406 g/mol. The molecule has 2 aromatic rings. The van der Waals surface area contributed by atoms with Crippen molar-refractivity contribution in [2.24, 2.45) is 0 Å². The largest absolute Gasteiger partial charge is 0.351 e. The lowest BCUT2D eigenvalue weighted by Crippen LogP contribution is -2.38. The van der Waals surface area contributed by atoms with Crippen LogP contribution in [0.25, 0.3) is 6.08 Å². The number of benzene rings is 1. The molecule has 2 heterocycles. The Labute approximate surface area is 175 Å². The number of carbonyl (C=O) groups is 3. The van der Waals surface area contributed by atoms with Crippen LogP contribution in [0.2, 0.25) is 0 Å². The molecular weight excluding hydrogens is 380 g/mol. The Bertz CT molecular complexity index is 1000. The van der Waals surface area contributed by atoms with Crippen molar-refractivity contribution in [2.75, 3.05) is 11.9 Å². The zero-order valence-corrected chi connectivity index (χ0v) is 17.1. The fraction of sp³-hybridized carbons (Fsp3) is 0.348. The zero-order chi connectivity index (χ0) is 21.1. The quantitative estimate of drug-likeness (QED) is 0.585. The maximum atomic E-state index is 12.7. The fourth-order valence-corrected chi connectivity index (χ4v) is 4.05. The first-order chi connectivity index (χ1) is 14.5. The van der Waals surface area contributed by atoms with Crippen LogP contribution in [-0.4, -0.2) is 33.9 Å². The molecule has 7 heteroatoms. The topological polar surface area (TPSA) is 83.4 Å². The molecule has 4 amide bonds. The summed E-state index contributed by atoms with van der Waals surface area (Å²) >= 11 is 0. The van der Waals surface area contributed by atoms with Crippen molar-refractivity contribution in [2.45, 2.75) is 45.1 Å². The Morgan fingerprint density at radius 1 is 1.17 bits per heavy atom. The lowest BCUT2D eigenvalue weighted by atomic mass is 9.95. The minimum atomic E-state index is -0.585. The molecule has 2 fully saturated rings. The third kappa shape index (κ3) is 4.30. The third-order valence-electron chi connectivity index (χ3n) is 5.73. The van der Waals surface area contributed by atoms with Crippen LogP contribution in [0.4, 0.5) is 10.5 Å². The predicted molar refractivity (Wildman–Crippen MR) is 115 cm³/mol. The van der Waals surface area contributed by atoms with Gasteiger partial charge in [-0.2, -0.15) is 0 Å². The molecule has 1 aliphatic heterocycles. The highest BCUT2D eigenvalue weighted by Crippen LogP contribution is 2.29. The first-order valence-electron chi connectivity index (χ1n) is 10.4. The lowest BCUT2D eigenvalue weighted by molar-refractivity contribution is -0.127. The average Bonchev–Trinajstić information content (AvgIpc) is 3.31. The maximum Gasteiger partial charge on any atom is 0.329 e. The van der Waals surface area contributed by atoms with E-state index in [1.807, 2.05) is 43.6 Å². The standard InChI is InChI=1S/C23H26N4O3/c1-16-7-5-6-10-19(16)24-21(28)15-27-22(29)20(25-23(27)30)13-17-11-12-26(14-17)18-8-3-2-4-9-18/h5-7,10-14,18H,2-4,8-9,15H2,1H3,(H,24,28)(H,25,30)/b20-13+. The van der Waals surface area contributed by atoms with E-state index >= 15 is 0 Å². The molecule has 0 radical (unpaired) electrons. The molecule has 2 aliphatic rings. The zero-order valence-electron chi connectivity index (χ0n) is 17.1. The molecule has 0 unspecified atom stereocenters. The van der Waals surface area contributed by atoms with Gasteiger partial charge in [0.2, 0.25) is 5.91 Å². The van der Waals surface area contributed by atoms with Crippen LogP contribution >= 0.6 is 0 Å². The molecule has 2 N–H and O–H groups in total. The third-order valence-corrected chi connectivity index (χ3v) is 5.73. The summed E-state index contributed by atoms with van der Waals surface area (Å²) in [6.45, 7) is 1.54. The van der Waals surface area contributed by atoms with E-state index in [9.17, 15) is 14.4 Å². The number of amides is 4. The van der Waals surface area contributed by atoms with Crippen LogP contribution in [0.3, 0.4) is 0 Å². The second-order valence-corrected chi connectivity index (χ2v) is 7.93. The van der Waals surface area contributed by atoms with Crippen molar-refractivity contribution < 1.29 is 14.4 Å². The van der Waals surface area contributed by atoms with Crippen molar-refractivity contribution >= 4 is 29.6 Å². The van der Waals surface area contributed by atoms with Crippen LogP contribution in [-0.2, 0) is 9.59 Å². The smallest absolute Gasteiger partial charge is 0.329 e. The summed E-state index contributed by atoms with van der Waals surface area (Å²) in [7, 11) is 0. The van der Waals surface area contributed by atoms with Crippen molar-refractivity contribution in [1.29, 1.82) is 0 Å². The molecule has 1 aromatic heterocycles. The van der Waals surface area contributed by atoms with Gasteiger partial charge in [0.25, 0.3) is 5.91 Å². The van der Waals surface area contributed by atoms with Crippen molar-refractivity contribution in [1.82, 2.24) is 14.8 Å². The molecule has 1 aromatic carbocycles. The number of rotatable bonds is 5. The number of carbonyl (C=O) groups excluding carboxylic acids is 3. The van der Waals surface area contributed by atoms with E-state index in [0.29, 0.717) is 11.7 Å². The fourth-order valence-electron chi connectivity index (χ4n) is 4.05. The van der Waals surface area contributed by atoms with Gasteiger partial charge in [0.1, 0.15) is 12.2 Å². The van der Waals surface area contributed by atoms with Crippen LogP contribution in [0.5, 0.6) is 0 Å². The van der Waals surface area contributed by atoms with Crippen LogP contribution < -0.4 is 10.6 Å². The first-order valence-corrected chi connectivity index (χ1v) is 10.4. The molecule has 156 valence electrons. The summed E-state index contributed by atoms with van der Waals surface area (Å²) in [6.07, 6.45) is 11.8. The Kier molecular flexibility index (Phi) is 5.70. The van der Waals surface area contributed by atoms with Crippen molar-refractivity contribution in [3.63, 3.8) is 0 Å². The molecule has 0 spiro atoms. The molecule has 30 heavy (non-hydrogen) atoms. The number of hydrogen-bond acceptors (Lipinski definition) is 3. The molecule has 7 nitrogen and oxygen atoms in total. The van der Waals surface area contributed by atoms with E-state index in [4.69, 9.17) is 0 Å². The highest BCUT2D eigenvalue weighted by atomic mass is 16.2. The number of nitrogens with one attached hydrogen (secondary N) is 2. The predicted octanol–water partition coefficient (Wildman–Crippen LogP) is 3.83. The minimum absolute atomic E-state index is 0.185. The van der Waals surface area contributed by atoms with Gasteiger partial charge in [-0.05, 0) is 49.1 Å². The van der Waals surface area contributed by atoms with Crippen LogP contribution in [0.15, 0.2) is 48.4 Å². The molecule has 1 saturated heterocycles. The maximum absolute atomic E-state index is 12.7. The molecule has 0 atom stereocenters. The van der Waals surface area contributed by atoms with Crippen molar-refractivity contribution in [3.8, 4) is 0 Å². The van der Waals surface area contributed by atoms with Gasteiger partial charge in [-0.1, -0.05) is 37.5 Å². The normalized spacial score (nSPS) is 18.7. The van der Waals surface area contributed by atoms with E-state index in [0.717, 1.165) is 16.0 Å². The molecule has 1 saturated carbocycles. The summed E-state index contributed by atoms with van der Waals surface area (Å²) in [5.41, 5.74) is 2.61. The lowest BCUT2D eigenvalue weighted by Gasteiger charge is -2.23. The number of imide groups is 1. The van der Waals surface area contributed by atoms with Gasteiger partial charge in [-0.3, -0.25) is 9.59 Å². The molecule has 1 aliphatic carbocycles. The number of nitrogens with zero attached hydrogens (tertiary/aromatic N) is 2. The van der Waals surface area contributed by atoms with E-state index in [2.05, 4.69) is 15.2 Å². The Morgan fingerprint density at radius 2 is 1.93 bits per heavy atom.